The lowest BCUT2D eigenvalue weighted by molar-refractivity contribution is -0.141. The van der Waals surface area contributed by atoms with Gasteiger partial charge in [-0.15, -0.1) is 0 Å². The third-order valence-electron chi connectivity index (χ3n) is 7.44. The van der Waals surface area contributed by atoms with Gasteiger partial charge in [0.1, 0.15) is 6.04 Å². The Kier molecular flexibility index (Phi) is 10.8. The molecule has 0 aliphatic heterocycles. The van der Waals surface area contributed by atoms with Gasteiger partial charge in [-0.05, 0) is 54.7 Å². The van der Waals surface area contributed by atoms with Crippen molar-refractivity contribution in [2.24, 2.45) is 0 Å². The highest BCUT2D eigenvalue weighted by Crippen LogP contribution is 2.23. The predicted molar refractivity (Wildman–Crippen MR) is 164 cm³/mol. The van der Waals surface area contributed by atoms with Gasteiger partial charge in [-0.25, -0.2) is 8.42 Å². The minimum atomic E-state index is -3.58. The molecule has 1 fully saturated rings. The van der Waals surface area contributed by atoms with Gasteiger partial charge in [0.15, 0.2) is 0 Å². The van der Waals surface area contributed by atoms with Crippen molar-refractivity contribution in [2.45, 2.75) is 63.6 Å². The second kappa shape index (κ2) is 14.5. The average Bonchev–Trinajstić information content (AvgIpc) is 3.47. The molecule has 218 valence electrons. The molecular formula is C32H38ClN3O4S. The van der Waals surface area contributed by atoms with E-state index in [1.165, 1.54) is 4.31 Å². The van der Waals surface area contributed by atoms with Crippen molar-refractivity contribution in [1.29, 1.82) is 0 Å². The van der Waals surface area contributed by atoms with Crippen LogP contribution in [-0.2, 0) is 32.6 Å². The Hall–Kier alpha value is -3.36. The number of hydrogen-bond acceptors (Lipinski definition) is 4. The SMILES string of the molecule is CS(=O)(=O)N(CCCC(=O)N(Cc1ccccc1)C(Cc1ccccc1)C(=O)NC1CCCC1)c1ccc(Cl)cc1. The van der Waals surface area contributed by atoms with E-state index in [1.807, 2.05) is 60.7 Å². The lowest BCUT2D eigenvalue weighted by Gasteiger charge is -2.33. The van der Waals surface area contributed by atoms with Crippen LogP contribution in [0.3, 0.4) is 0 Å². The second-order valence-corrected chi connectivity index (χ2v) is 13.0. The maximum absolute atomic E-state index is 13.9. The highest BCUT2D eigenvalue weighted by molar-refractivity contribution is 7.92. The van der Waals surface area contributed by atoms with Crippen LogP contribution >= 0.6 is 11.6 Å². The Morgan fingerprint density at radius 1 is 0.902 bits per heavy atom. The fraction of sp³-hybridized carbons (Fsp3) is 0.375. The molecule has 1 saturated carbocycles. The highest BCUT2D eigenvalue weighted by Gasteiger charge is 2.32. The summed E-state index contributed by atoms with van der Waals surface area (Å²) in [4.78, 5) is 29.3. The molecule has 41 heavy (non-hydrogen) atoms. The van der Waals surface area contributed by atoms with Crippen molar-refractivity contribution in [3.05, 3.63) is 101 Å². The summed E-state index contributed by atoms with van der Waals surface area (Å²) in [6, 6.07) is 25.4. The minimum Gasteiger partial charge on any atom is -0.352 e. The first-order chi connectivity index (χ1) is 19.7. The van der Waals surface area contributed by atoms with Crippen LogP contribution in [0.5, 0.6) is 0 Å². The van der Waals surface area contributed by atoms with Crippen LogP contribution in [0, 0.1) is 0 Å². The van der Waals surface area contributed by atoms with Gasteiger partial charge in [-0.3, -0.25) is 13.9 Å². The zero-order valence-corrected chi connectivity index (χ0v) is 25.0. The summed E-state index contributed by atoms with van der Waals surface area (Å²) < 4.78 is 26.4. The Balaban J connectivity index is 1.56. The summed E-state index contributed by atoms with van der Waals surface area (Å²) in [5.41, 5.74) is 2.38. The number of amides is 2. The number of nitrogens with zero attached hydrogens (tertiary/aromatic N) is 2. The largest absolute Gasteiger partial charge is 0.352 e. The number of carbonyl (C=O) groups is 2. The van der Waals surface area contributed by atoms with Crippen molar-refractivity contribution in [1.82, 2.24) is 10.2 Å². The van der Waals surface area contributed by atoms with E-state index in [-0.39, 0.29) is 37.4 Å². The van der Waals surface area contributed by atoms with Crippen molar-refractivity contribution < 1.29 is 18.0 Å². The van der Waals surface area contributed by atoms with E-state index in [1.54, 1.807) is 29.2 Å². The highest BCUT2D eigenvalue weighted by atomic mass is 35.5. The van der Waals surface area contributed by atoms with Gasteiger partial charge in [0.25, 0.3) is 0 Å². The van der Waals surface area contributed by atoms with Gasteiger partial charge < -0.3 is 10.2 Å². The topological polar surface area (TPSA) is 86.8 Å². The van der Waals surface area contributed by atoms with Gasteiger partial charge in [0, 0.05) is 37.0 Å². The molecule has 4 rings (SSSR count). The molecule has 1 unspecified atom stereocenters. The Bertz CT molecular complexity index is 1380. The minimum absolute atomic E-state index is 0.0917. The molecule has 1 aliphatic rings. The average molecular weight is 596 g/mol. The van der Waals surface area contributed by atoms with E-state index in [2.05, 4.69) is 5.32 Å². The number of hydrogen-bond donors (Lipinski definition) is 1. The zero-order valence-electron chi connectivity index (χ0n) is 23.4. The molecule has 0 saturated heterocycles. The molecule has 0 radical (unpaired) electrons. The summed E-state index contributed by atoms with van der Waals surface area (Å²) in [6.45, 7) is 0.408. The normalized spacial score (nSPS) is 14.4. The summed E-state index contributed by atoms with van der Waals surface area (Å²) in [6.07, 6.45) is 5.99. The molecule has 1 aliphatic carbocycles. The van der Waals surface area contributed by atoms with Gasteiger partial charge in [0.05, 0.1) is 11.9 Å². The number of carbonyl (C=O) groups excluding carboxylic acids is 2. The predicted octanol–water partition coefficient (Wildman–Crippen LogP) is 5.59. The van der Waals surface area contributed by atoms with E-state index in [0.717, 1.165) is 43.1 Å². The van der Waals surface area contributed by atoms with Crippen molar-refractivity contribution in [2.75, 3.05) is 17.1 Å². The number of anilines is 1. The molecule has 1 atom stereocenters. The molecule has 3 aromatic rings. The molecule has 0 heterocycles. The first kappa shape index (κ1) is 30.6. The standard InChI is InChI=1S/C32H38ClN3O4S/c1-41(39,40)36(29-20-18-27(33)19-21-29)22-10-17-31(37)35(24-26-13-6-3-7-14-26)30(23-25-11-4-2-5-12-25)32(38)34-28-15-8-9-16-28/h2-7,11-14,18-21,28,30H,8-10,15-17,22-24H2,1H3,(H,34,38). The van der Waals surface area contributed by atoms with Gasteiger partial charge in [-0.1, -0.05) is 85.1 Å². The van der Waals surface area contributed by atoms with Gasteiger partial charge in [0.2, 0.25) is 21.8 Å². The van der Waals surface area contributed by atoms with Crippen molar-refractivity contribution in [3.63, 3.8) is 0 Å². The van der Waals surface area contributed by atoms with E-state index in [9.17, 15) is 18.0 Å². The van der Waals surface area contributed by atoms with E-state index < -0.39 is 16.1 Å². The lowest BCUT2D eigenvalue weighted by atomic mass is 10.0. The van der Waals surface area contributed by atoms with E-state index in [0.29, 0.717) is 23.6 Å². The van der Waals surface area contributed by atoms with E-state index in [4.69, 9.17) is 11.6 Å². The first-order valence-electron chi connectivity index (χ1n) is 14.1. The molecule has 1 N–H and O–H groups in total. The fourth-order valence-corrected chi connectivity index (χ4v) is 6.40. The number of rotatable bonds is 13. The van der Waals surface area contributed by atoms with Crippen LogP contribution in [0.15, 0.2) is 84.9 Å². The molecule has 3 aromatic carbocycles. The van der Waals surface area contributed by atoms with Crippen molar-refractivity contribution in [3.8, 4) is 0 Å². The Labute approximate surface area is 248 Å². The molecule has 7 nitrogen and oxygen atoms in total. The summed E-state index contributed by atoms with van der Waals surface area (Å²) in [5.74, 6) is -0.343. The molecule has 2 amide bonds. The number of halogens is 1. The van der Waals surface area contributed by atoms with Gasteiger partial charge >= 0.3 is 0 Å². The molecule has 0 aromatic heterocycles. The van der Waals surface area contributed by atoms with Crippen LogP contribution in [0.2, 0.25) is 5.02 Å². The number of benzene rings is 3. The van der Waals surface area contributed by atoms with Crippen LogP contribution in [-0.4, -0.2) is 50.0 Å². The molecule has 0 spiro atoms. The maximum atomic E-state index is 13.9. The second-order valence-electron chi connectivity index (χ2n) is 10.6. The summed E-state index contributed by atoms with van der Waals surface area (Å²) in [7, 11) is -3.58. The summed E-state index contributed by atoms with van der Waals surface area (Å²) >= 11 is 5.99. The van der Waals surface area contributed by atoms with Crippen LogP contribution < -0.4 is 9.62 Å². The number of sulfonamides is 1. The van der Waals surface area contributed by atoms with Crippen LogP contribution in [0.1, 0.15) is 49.7 Å². The quantitative estimate of drug-likeness (QED) is 0.279. The maximum Gasteiger partial charge on any atom is 0.243 e. The first-order valence-corrected chi connectivity index (χ1v) is 16.3. The lowest BCUT2D eigenvalue weighted by Crippen LogP contribution is -2.52. The molecular weight excluding hydrogens is 558 g/mol. The third kappa shape index (κ3) is 9.07. The summed E-state index contributed by atoms with van der Waals surface area (Å²) in [5, 5.41) is 3.72. The van der Waals surface area contributed by atoms with Crippen LogP contribution in [0.25, 0.3) is 0 Å². The smallest absolute Gasteiger partial charge is 0.243 e. The monoisotopic (exact) mass is 595 g/mol. The van der Waals surface area contributed by atoms with Gasteiger partial charge in [-0.2, -0.15) is 0 Å². The third-order valence-corrected chi connectivity index (χ3v) is 8.88. The van der Waals surface area contributed by atoms with Crippen molar-refractivity contribution >= 4 is 39.1 Å². The Morgan fingerprint density at radius 2 is 1.49 bits per heavy atom. The molecule has 9 heteroatoms. The zero-order chi connectivity index (χ0) is 29.2. The van der Waals surface area contributed by atoms with E-state index >= 15 is 0 Å². The number of nitrogens with one attached hydrogen (secondary N) is 1. The van der Waals surface area contributed by atoms with Crippen LogP contribution in [0.4, 0.5) is 5.69 Å². The fourth-order valence-electron chi connectivity index (χ4n) is 5.31. The molecule has 0 bridgehead atoms. The Morgan fingerprint density at radius 3 is 2.07 bits per heavy atom.